The van der Waals surface area contributed by atoms with Gasteiger partial charge in [-0.05, 0) is 18.9 Å². The zero-order chi connectivity index (χ0) is 15.8. The molecule has 0 radical (unpaired) electrons. The monoisotopic (exact) mass is 315 g/mol. The summed E-state index contributed by atoms with van der Waals surface area (Å²) < 4.78 is 27.8. The number of nitrogens with two attached hydrogens (primary N) is 1. The molecule has 0 spiro atoms. The van der Waals surface area contributed by atoms with E-state index in [1.165, 1.54) is 0 Å². The third-order valence-electron chi connectivity index (χ3n) is 2.92. The second-order valence-corrected chi connectivity index (χ2v) is 6.11. The predicted molar refractivity (Wildman–Crippen MR) is 71.5 cm³/mol. The zero-order valence-electron chi connectivity index (χ0n) is 11.0. The number of nitrogens with zero attached hydrogens (tertiary/aromatic N) is 1. The molecule has 1 aromatic carbocycles. The molecule has 9 nitrogen and oxygen atoms in total. The van der Waals surface area contributed by atoms with Gasteiger partial charge in [0.05, 0.1) is 12.0 Å². The molecule has 0 unspecified atom stereocenters. The lowest BCUT2D eigenvalue weighted by molar-refractivity contribution is -0.386. The fraction of sp³-hybridized carbons (Fsp3) is 0.364. The fourth-order valence-corrected chi connectivity index (χ4v) is 2.50. The lowest BCUT2D eigenvalue weighted by Crippen LogP contribution is -2.26. The number of hydrogen-bond acceptors (Lipinski definition) is 6. The Kier molecular flexibility index (Phi) is 3.83. The van der Waals surface area contributed by atoms with Gasteiger partial charge in [0.25, 0.3) is 5.91 Å². The van der Waals surface area contributed by atoms with Crippen LogP contribution < -0.4 is 15.2 Å². The van der Waals surface area contributed by atoms with Gasteiger partial charge in [-0.2, -0.15) is 0 Å². The van der Waals surface area contributed by atoms with Crippen LogP contribution in [-0.4, -0.2) is 32.4 Å². The Bertz CT molecular complexity index is 711. The minimum atomic E-state index is -4.28. The maximum Gasteiger partial charge on any atom is 0.313 e. The molecule has 10 heteroatoms. The Hall–Kier alpha value is -2.20. The Labute approximate surface area is 120 Å². The van der Waals surface area contributed by atoms with Crippen LogP contribution in [-0.2, 0) is 10.0 Å². The number of ether oxygens (including phenoxy) is 1. The lowest BCUT2D eigenvalue weighted by atomic mass is 10.1. The number of hydrogen-bond donors (Lipinski definition) is 2. The van der Waals surface area contributed by atoms with Gasteiger partial charge in [-0.25, -0.2) is 13.6 Å². The number of nitrogens with one attached hydrogen (secondary N) is 1. The summed E-state index contributed by atoms with van der Waals surface area (Å²) >= 11 is 0. The average molecular weight is 315 g/mol. The van der Waals surface area contributed by atoms with E-state index in [9.17, 15) is 23.3 Å². The normalized spacial score (nSPS) is 14.6. The first kappa shape index (κ1) is 15.2. The van der Waals surface area contributed by atoms with E-state index in [0.717, 1.165) is 32.1 Å². The van der Waals surface area contributed by atoms with Gasteiger partial charge in [0.1, 0.15) is 4.90 Å². The maximum absolute atomic E-state index is 11.9. The fourth-order valence-electron chi connectivity index (χ4n) is 1.77. The number of methoxy groups -OCH3 is 1. The summed E-state index contributed by atoms with van der Waals surface area (Å²) in [6, 6.07) is 1.96. The molecular formula is C11H13N3O6S. The summed E-state index contributed by atoms with van der Waals surface area (Å²) in [5, 5.41) is 18.7. The third-order valence-corrected chi connectivity index (χ3v) is 3.83. The summed E-state index contributed by atoms with van der Waals surface area (Å²) in [7, 11) is -3.20. The van der Waals surface area contributed by atoms with Crippen molar-refractivity contribution in [2.45, 2.75) is 23.8 Å². The van der Waals surface area contributed by atoms with Crippen LogP contribution in [0.25, 0.3) is 0 Å². The van der Waals surface area contributed by atoms with Gasteiger partial charge in [-0.3, -0.25) is 14.9 Å². The van der Waals surface area contributed by atoms with E-state index in [4.69, 9.17) is 9.88 Å². The van der Waals surface area contributed by atoms with Crippen LogP contribution >= 0.6 is 0 Å². The van der Waals surface area contributed by atoms with Gasteiger partial charge < -0.3 is 10.1 Å². The first-order valence-corrected chi connectivity index (χ1v) is 7.48. The number of carbonyl (C=O) groups excluding carboxylic acids is 1. The van der Waals surface area contributed by atoms with Crippen molar-refractivity contribution in [1.29, 1.82) is 0 Å². The molecule has 1 amide bonds. The molecule has 0 heterocycles. The van der Waals surface area contributed by atoms with E-state index >= 15 is 0 Å². The highest BCUT2D eigenvalue weighted by Gasteiger charge is 2.30. The van der Waals surface area contributed by atoms with Gasteiger partial charge in [-0.1, -0.05) is 0 Å². The molecule has 1 aliphatic carbocycles. The van der Waals surface area contributed by atoms with Crippen LogP contribution in [0.5, 0.6) is 5.75 Å². The molecule has 1 aliphatic rings. The topological polar surface area (TPSA) is 142 Å². The quantitative estimate of drug-likeness (QED) is 0.584. The van der Waals surface area contributed by atoms with Crippen LogP contribution in [0, 0.1) is 10.1 Å². The molecule has 0 bridgehead atoms. The maximum atomic E-state index is 11.9. The number of sulfonamides is 1. The van der Waals surface area contributed by atoms with Crippen molar-refractivity contribution < 1.29 is 22.9 Å². The minimum Gasteiger partial charge on any atom is -0.489 e. The Morgan fingerprint density at radius 1 is 1.48 bits per heavy atom. The Balaban J connectivity index is 2.59. The van der Waals surface area contributed by atoms with Gasteiger partial charge in [-0.15, -0.1) is 0 Å². The molecule has 114 valence electrons. The number of benzene rings is 1. The van der Waals surface area contributed by atoms with Crippen molar-refractivity contribution in [2.75, 3.05) is 7.11 Å². The molecule has 1 fully saturated rings. The molecule has 21 heavy (non-hydrogen) atoms. The molecule has 0 saturated heterocycles. The van der Waals surface area contributed by atoms with Crippen molar-refractivity contribution in [3.63, 3.8) is 0 Å². The van der Waals surface area contributed by atoms with Crippen molar-refractivity contribution >= 4 is 21.6 Å². The molecular weight excluding hydrogens is 302 g/mol. The Morgan fingerprint density at radius 3 is 2.52 bits per heavy atom. The molecule has 1 saturated carbocycles. The van der Waals surface area contributed by atoms with Crippen LogP contribution in [0.2, 0.25) is 0 Å². The number of nitro benzene ring substituents is 1. The van der Waals surface area contributed by atoms with E-state index in [1.807, 2.05) is 0 Å². The second-order valence-electron chi connectivity index (χ2n) is 4.58. The number of carbonyl (C=O) groups is 1. The number of nitro groups is 1. The van der Waals surface area contributed by atoms with Gasteiger partial charge in [0.2, 0.25) is 15.8 Å². The first-order chi connectivity index (χ1) is 9.74. The number of rotatable bonds is 5. The summed E-state index contributed by atoms with van der Waals surface area (Å²) in [4.78, 5) is 21.5. The van der Waals surface area contributed by atoms with Gasteiger partial charge in [0.15, 0.2) is 0 Å². The minimum absolute atomic E-state index is 0.0246. The largest absolute Gasteiger partial charge is 0.489 e. The van der Waals surface area contributed by atoms with E-state index in [-0.39, 0.29) is 11.6 Å². The Morgan fingerprint density at radius 2 is 2.10 bits per heavy atom. The van der Waals surface area contributed by atoms with Gasteiger partial charge in [0, 0.05) is 17.7 Å². The predicted octanol–water partition coefficient (Wildman–Crippen LogP) is 0.143. The van der Waals surface area contributed by atoms with Crippen molar-refractivity contribution in [3.8, 4) is 5.75 Å². The van der Waals surface area contributed by atoms with Crippen molar-refractivity contribution in [1.82, 2.24) is 5.32 Å². The highest BCUT2D eigenvalue weighted by molar-refractivity contribution is 7.89. The average Bonchev–Trinajstić information content (AvgIpc) is 3.19. The summed E-state index contributed by atoms with van der Waals surface area (Å²) in [5.41, 5.74) is -0.789. The van der Waals surface area contributed by atoms with E-state index in [0.29, 0.717) is 0 Å². The lowest BCUT2D eigenvalue weighted by Gasteiger charge is -2.10. The standard InChI is InChI=1S/C11H13N3O6S/c1-20-10-8(14(16)17)4-6(5-9(10)21(12,18)19)11(15)13-7-2-3-7/h4-5,7H,2-3H2,1H3,(H,13,15)(H2,12,18,19). The molecule has 0 aliphatic heterocycles. The van der Waals surface area contributed by atoms with Crippen LogP contribution in [0.3, 0.4) is 0 Å². The van der Waals surface area contributed by atoms with E-state index in [1.54, 1.807) is 0 Å². The summed E-state index contributed by atoms with van der Waals surface area (Å²) in [6.45, 7) is 0. The molecule has 3 N–H and O–H groups in total. The second kappa shape index (κ2) is 5.30. The first-order valence-electron chi connectivity index (χ1n) is 5.94. The van der Waals surface area contributed by atoms with Gasteiger partial charge >= 0.3 is 5.69 Å². The van der Waals surface area contributed by atoms with Crippen molar-refractivity contribution in [2.24, 2.45) is 5.14 Å². The summed E-state index contributed by atoms with van der Waals surface area (Å²) in [6.07, 6.45) is 1.65. The molecule has 1 aromatic rings. The van der Waals surface area contributed by atoms with Crippen LogP contribution in [0.1, 0.15) is 23.2 Å². The third kappa shape index (κ3) is 3.28. The number of primary sulfonamides is 1. The molecule has 2 rings (SSSR count). The van der Waals surface area contributed by atoms with Crippen molar-refractivity contribution in [3.05, 3.63) is 27.8 Å². The SMILES string of the molecule is COc1c([N+](=O)[O-])cc(C(=O)NC2CC2)cc1S(N)(=O)=O. The summed E-state index contributed by atoms with van der Waals surface area (Å²) in [5.74, 6) is -1.08. The highest BCUT2D eigenvalue weighted by Crippen LogP contribution is 2.35. The van der Waals surface area contributed by atoms with Crippen LogP contribution in [0.4, 0.5) is 5.69 Å². The van der Waals surface area contributed by atoms with Crippen LogP contribution in [0.15, 0.2) is 17.0 Å². The van der Waals surface area contributed by atoms with E-state index in [2.05, 4.69) is 5.32 Å². The molecule has 0 atom stereocenters. The molecule has 0 aromatic heterocycles. The van der Waals surface area contributed by atoms with E-state index < -0.39 is 37.2 Å². The number of amides is 1. The smallest absolute Gasteiger partial charge is 0.313 e. The zero-order valence-corrected chi connectivity index (χ0v) is 11.8. The highest BCUT2D eigenvalue weighted by atomic mass is 32.2.